The van der Waals surface area contributed by atoms with Gasteiger partial charge in [0.15, 0.2) is 5.13 Å². The van der Waals surface area contributed by atoms with Crippen LogP contribution in [0, 0.1) is 6.92 Å². The molecule has 2 aromatic rings. The van der Waals surface area contributed by atoms with Crippen LogP contribution in [-0.4, -0.2) is 23.0 Å². The zero-order valence-electron chi connectivity index (χ0n) is 11.9. The lowest BCUT2D eigenvalue weighted by Crippen LogP contribution is -2.31. The molecule has 2 rings (SSSR count). The van der Waals surface area contributed by atoms with E-state index in [-0.39, 0.29) is 5.97 Å². The van der Waals surface area contributed by atoms with Gasteiger partial charge in [0.2, 0.25) is 0 Å². The lowest BCUT2D eigenvalue weighted by Gasteiger charge is -2.21. The highest BCUT2D eigenvalue weighted by molar-refractivity contribution is 7.18. The summed E-state index contributed by atoms with van der Waals surface area (Å²) in [6, 6.07) is 3.77. The molecule has 0 radical (unpaired) electrons. The summed E-state index contributed by atoms with van der Waals surface area (Å²) in [5.74, 6) is -0.317. The van der Waals surface area contributed by atoms with Gasteiger partial charge in [0.05, 0.1) is 23.4 Å². The van der Waals surface area contributed by atoms with Crippen LogP contribution in [0.15, 0.2) is 18.3 Å². The number of hydrogen-bond acceptors (Lipinski definition) is 6. The molecule has 0 atom stereocenters. The third kappa shape index (κ3) is 2.51. The van der Waals surface area contributed by atoms with Crippen molar-refractivity contribution in [1.82, 2.24) is 9.97 Å². The number of carbonyl (C=O) groups is 1. The van der Waals surface area contributed by atoms with Crippen molar-refractivity contribution >= 4 is 22.4 Å². The van der Waals surface area contributed by atoms with Crippen LogP contribution in [0.1, 0.15) is 25.2 Å². The normalized spacial score (nSPS) is 11.4. The van der Waals surface area contributed by atoms with Crippen molar-refractivity contribution in [3.8, 4) is 10.4 Å². The quantitative estimate of drug-likeness (QED) is 0.879. The van der Waals surface area contributed by atoms with Crippen LogP contribution in [0.5, 0.6) is 0 Å². The zero-order valence-corrected chi connectivity index (χ0v) is 12.7. The summed E-state index contributed by atoms with van der Waals surface area (Å²) >= 11 is 1.42. The van der Waals surface area contributed by atoms with Crippen LogP contribution in [-0.2, 0) is 14.9 Å². The second-order valence-corrected chi connectivity index (χ2v) is 6.04. The van der Waals surface area contributed by atoms with E-state index in [4.69, 9.17) is 10.5 Å². The summed E-state index contributed by atoms with van der Waals surface area (Å²) in [7, 11) is 1.38. The van der Waals surface area contributed by atoms with Crippen LogP contribution >= 0.6 is 11.3 Å². The molecule has 106 valence electrons. The monoisotopic (exact) mass is 291 g/mol. The molecule has 0 aromatic carbocycles. The van der Waals surface area contributed by atoms with E-state index in [0.717, 1.165) is 16.1 Å². The number of aromatic nitrogens is 2. The second kappa shape index (κ2) is 5.20. The first-order valence-electron chi connectivity index (χ1n) is 6.14. The molecule has 0 aliphatic carbocycles. The van der Waals surface area contributed by atoms with Crippen molar-refractivity contribution in [1.29, 1.82) is 0 Å². The van der Waals surface area contributed by atoms with Crippen molar-refractivity contribution in [3.05, 3.63) is 29.7 Å². The number of nitrogen functional groups attached to an aromatic ring is 1. The van der Waals surface area contributed by atoms with Gasteiger partial charge in [-0.1, -0.05) is 11.3 Å². The molecule has 20 heavy (non-hydrogen) atoms. The van der Waals surface area contributed by atoms with Gasteiger partial charge in [-0.15, -0.1) is 0 Å². The first kappa shape index (κ1) is 14.5. The Labute approximate surface area is 121 Å². The molecular weight excluding hydrogens is 274 g/mol. The predicted molar refractivity (Wildman–Crippen MR) is 79.5 cm³/mol. The molecule has 0 fully saturated rings. The third-order valence-electron chi connectivity index (χ3n) is 3.17. The maximum absolute atomic E-state index is 11.9. The van der Waals surface area contributed by atoms with E-state index in [9.17, 15) is 4.79 Å². The molecule has 0 aliphatic heterocycles. The minimum atomic E-state index is -0.797. The molecule has 5 nitrogen and oxygen atoms in total. The van der Waals surface area contributed by atoms with E-state index < -0.39 is 5.41 Å². The highest BCUT2D eigenvalue weighted by Gasteiger charge is 2.32. The highest BCUT2D eigenvalue weighted by Crippen LogP contribution is 2.33. The molecule has 0 unspecified atom stereocenters. The Balaban J connectivity index is 2.48. The van der Waals surface area contributed by atoms with E-state index in [2.05, 4.69) is 9.97 Å². The van der Waals surface area contributed by atoms with Crippen LogP contribution in [0.3, 0.4) is 0 Å². The lowest BCUT2D eigenvalue weighted by molar-refractivity contribution is -0.146. The number of anilines is 1. The van der Waals surface area contributed by atoms with Gasteiger partial charge in [0.1, 0.15) is 5.41 Å². The van der Waals surface area contributed by atoms with E-state index >= 15 is 0 Å². The number of methoxy groups -OCH3 is 1. The Morgan fingerprint density at radius 1 is 1.45 bits per heavy atom. The van der Waals surface area contributed by atoms with Crippen molar-refractivity contribution in [2.75, 3.05) is 12.8 Å². The molecule has 2 aromatic heterocycles. The number of pyridine rings is 1. The van der Waals surface area contributed by atoms with Crippen LogP contribution < -0.4 is 5.73 Å². The standard InChI is InChI=1S/C14H17N3O2S/c1-8-11(20-13(15)17-8)9-5-6-16-10(7-9)14(2,3)12(18)19-4/h5-7H,1-4H3,(H2,15,17). The van der Waals surface area contributed by atoms with E-state index in [0.29, 0.717) is 10.8 Å². The maximum Gasteiger partial charge on any atom is 0.317 e. The van der Waals surface area contributed by atoms with Crippen LogP contribution in [0.4, 0.5) is 5.13 Å². The number of nitrogens with zero attached hydrogens (tertiary/aromatic N) is 2. The molecule has 6 heteroatoms. The fourth-order valence-corrected chi connectivity index (χ4v) is 2.79. The molecule has 0 spiro atoms. The average Bonchev–Trinajstić information content (AvgIpc) is 2.77. The Bertz CT molecular complexity index is 650. The van der Waals surface area contributed by atoms with Gasteiger partial charge >= 0.3 is 5.97 Å². The first-order valence-corrected chi connectivity index (χ1v) is 6.96. The zero-order chi connectivity index (χ0) is 14.9. The number of nitrogens with two attached hydrogens (primary N) is 1. The van der Waals surface area contributed by atoms with Gasteiger partial charge < -0.3 is 10.5 Å². The van der Waals surface area contributed by atoms with Crippen molar-refractivity contribution in [2.45, 2.75) is 26.2 Å². The molecule has 0 saturated carbocycles. The molecule has 0 aliphatic rings. The average molecular weight is 291 g/mol. The van der Waals surface area contributed by atoms with Gasteiger partial charge in [0.25, 0.3) is 0 Å². The van der Waals surface area contributed by atoms with Gasteiger partial charge in [-0.05, 0) is 38.5 Å². The van der Waals surface area contributed by atoms with Gasteiger partial charge in [-0.3, -0.25) is 9.78 Å². The Kier molecular flexibility index (Phi) is 3.76. The summed E-state index contributed by atoms with van der Waals surface area (Å²) in [4.78, 5) is 21.4. The van der Waals surface area contributed by atoms with Crippen LogP contribution in [0.25, 0.3) is 10.4 Å². The number of aryl methyl sites for hydroxylation is 1. The minimum Gasteiger partial charge on any atom is -0.468 e. The summed E-state index contributed by atoms with van der Waals surface area (Å²) < 4.78 is 4.83. The molecule has 2 N–H and O–H groups in total. The predicted octanol–water partition coefficient (Wildman–Crippen LogP) is 2.55. The smallest absolute Gasteiger partial charge is 0.317 e. The number of carbonyl (C=O) groups excluding carboxylic acids is 1. The number of esters is 1. The molecule has 2 heterocycles. The van der Waals surface area contributed by atoms with Crippen molar-refractivity contribution in [2.24, 2.45) is 0 Å². The molecule has 0 bridgehead atoms. The largest absolute Gasteiger partial charge is 0.468 e. The number of ether oxygens (including phenoxy) is 1. The molecular formula is C14H17N3O2S. The Morgan fingerprint density at radius 3 is 2.70 bits per heavy atom. The third-order valence-corrected chi connectivity index (χ3v) is 4.21. The van der Waals surface area contributed by atoms with E-state index in [1.165, 1.54) is 18.4 Å². The van der Waals surface area contributed by atoms with Gasteiger partial charge in [-0.2, -0.15) is 0 Å². The second-order valence-electron chi connectivity index (χ2n) is 5.01. The van der Waals surface area contributed by atoms with E-state index in [1.807, 2.05) is 19.1 Å². The summed E-state index contributed by atoms with van der Waals surface area (Å²) in [5.41, 5.74) is 7.42. The Morgan fingerprint density at radius 2 is 2.15 bits per heavy atom. The van der Waals surface area contributed by atoms with E-state index in [1.54, 1.807) is 20.0 Å². The summed E-state index contributed by atoms with van der Waals surface area (Å²) in [6.07, 6.45) is 1.69. The number of hydrogen-bond donors (Lipinski definition) is 1. The minimum absolute atomic E-state index is 0.317. The fraction of sp³-hybridized carbons (Fsp3) is 0.357. The fourth-order valence-electron chi connectivity index (χ4n) is 1.96. The molecule has 0 amide bonds. The van der Waals surface area contributed by atoms with Crippen LogP contribution in [0.2, 0.25) is 0 Å². The number of thiazole rings is 1. The summed E-state index contributed by atoms with van der Waals surface area (Å²) in [5, 5.41) is 0.531. The van der Waals surface area contributed by atoms with Crippen molar-refractivity contribution in [3.63, 3.8) is 0 Å². The van der Waals surface area contributed by atoms with Gasteiger partial charge in [0, 0.05) is 6.20 Å². The van der Waals surface area contributed by atoms with Crippen molar-refractivity contribution < 1.29 is 9.53 Å². The first-order chi connectivity index (χ1) is 9.36. The topological polar surface area (TPSA) is 78.1 Å². The summed E-state index contributed by atoms with van der Waals surface area (Å²) in [6.45, 7) is 5.49. The van der Waals surface area contributed by atoms with Gasteiger partial charge in [-0.25, -0.2) is 4.98 Å². The maximum atomic E-state index is 11.9. The Hall–Kier alpha value is -1.95. The lowest BCUT2D eigenvalue weighted by atomic mass is 9.88. The highest BCUT2D eigenvalue weighted by atomic mass is 32.1. The molecule has 0 saturated heterocycles. The number of rotatable bonds is 3. The SMILES string of the molecule is COC(=O)C(C)(C)c1cc(-c2sc(N)nc2C)ccn1.